The second-order valence-corrected chi connectivity index (χ2v) is 4.67. The Morgan fingerprint density at radius 1 is 1.16 bits per heavy atom. The predicted molar refractivity (Wildman–Crippen MR) is 73.1 cm³/mol. The maximum atomic E-state index is 11.8. The highest BCUT2D eigenvalue weighted by atomic mass is 16.5. The summed E-state index contributed by atoms with van der Waals surface area (Å²) >= 11 is 0. The lowest BCUT2D eigenvalue weighted by molar-refractivity contribution is -0.132. The third kappa shape index (κ3) is 3.08. The Labute approximate surface area is 112 Å². The molecule has 0 saturated heterocycles. The van der Waals surface area contributed by atoms with Crippen molar-refractivity contribution < 1.29 is 14.3 Å². The van der Waals surface area contributed by atoms with Crippen LogP contribution in [0.3, 0.4) is 0 Å². The van der Waals surface area contributed by atoms with Crippen molar-refractivity contribution in [2.24, 2.45) is 10.9 Å². The van der Waals surface area contributed by atoms with Gasteiger partial charge in [0.05, 0.1) is 12.8 Å². The third-order valence-electron chi connectivity index (χ3n) is 3.29. The fraction of sp³-hybridized carbons (Fsp3) is 0.400. The van der Waals surface area contributed by atoms with Crippen LogP contribution in [0.2, 0.25) is 0 Å². The van der Waals surface area contributed by atoms with Gasteiger partial charge in [-0.05, 0) is 37.6 Å². The lowest BCUT2D eigenvalue weighted by Crippen LogP contribution is -2.33. The summed E-state index contributed by atoms with van der Waals surface area (Å²) in [6.07, 6.45) is 1.63. The molecule has 0 spiro atoms. The molecule has 1 aromatic carbocycles. The van der Waals surface area contributed by atoms with Gasteiger partial charge in [-0.1, -0.05) is 0 Å². The number of ketones is 2. The van der Waals surface area contributed by atoms with Crippen LogP contribution in [0.15, 0.2) is 29.3 Å². The van der Waals surface area contributed by atoms with E-state index in [0.29, 0.717) is 25.0 Å². The Hall–Kier alpha value is -1.97. The smallest absolute Gasteiger partial charge is 0.149 e. The van der Waals surface area contributed by atoms with Gasteiger partial charge in [0.15, 0.2) is 0 Å². The first kappa shape index (κ1) is 13.5. The number of carbonyl (C=O) groups is 2. The summed E-state index contributed by atoms with van der Waals surface area (Å²) in [6, 6.07) is 7.22. The van der Waals surface area contributed by atoms with E-state index >= 15 is 0 Å². The van der Waals surface area contributed by atoms with Crippen LogP contribution in [0.5, 0.6) is 5.75 Å². The first-order chi connectivity index (χ1) is 9.11. The van der Waals surface area contributed by atoms with E-state index < -0.39 is 5.92 Å². The Kier molecular flexibility index (Phi) is 4.10. The Morgan fingerprint density at radius 2 is 1.74 bits per heavy atom. The van der Waals surface area contributed by atoms with Gasteiger partial charge < -0.3 is 4.74 Å². The first-order valence-electron chi connectivity index (χ1n) is 6.36. The predicted octanol–water partition coefficient (Wildman–Crippen LogP) is 2.73. The van der Waals surface area contributed by atoms with Gasteiger partial charge in [-0.3, -0.25) is 14.6 Å². The van der Waals surface area contributed by atoms with Crippen molar-refractivity contribution in [2.45, 2.75) is 26.2 Å². The number of benzene rings is 1. The molecule has 19 heavy (non-hydrogen) atoms. The largest absolute Gasteiger partial charge is 0.497 e. The molecule has 0 N–H and O–H groups in total. The monoisotopic (exact) mass is 259 g/mol. The van der Waals surface area contributed by atoms with Gasteiger partial charge in [-0.25, -0.2) is 0 Å². The van der Waals surface area contributed by atoms with Crippen molar-refractivity contribution in [3.8, 4) is 5.75 Å². The van der Waals surface area contributed by atoms with Crippen LogP contribution in [0.1, 0.15) is 26.2 Å². The molecule has 1 aliphatic rings. The lowest BCUT2D eigenvalue weighted by Gasteiger charge is -2.19. The minimum absolute atomic E-state index is 0.00832. The van der Waals surface area contributed by atoms with E-state index in [0.717, 1.165) is 11.4 Å². The molecule has 0 heterocycles. The fourth-order valence-electron chi connectivity index (χ4n) is 2.30. The molecule has 4 nitrogen and oxygen atoms in total. The van der Waals surface area contributed by atoms with Crippen LogP contribution < -0.4 is 4.74 Å². The summed E-state index contributed by atoms with van der Waals surface area (Å²) in [6.45, 7) is 1.75. The van der Waals surface area contributed by atoms with Crippen molar-refractivity contribution in [1.82, 2.24) is 0 Å². The standard InChI is InChI=1S/C15H17NO3/c1-10(15-13(17)4-3-5-14(15)18)16-11-6-8-12(19-2)9-7-11/h6-9,15H,3-5H2,1-2H3. The molecule has 1 aliphatic carbocycles. The van der Waals surface area contributed by atoms with E-state index in [9.17, 15) is 9.59 Å². The van der Waals surface area contributed by atoms with Crippen molar-refractivity contribution in [3.63, 3.8) is 0 Å². The maximum Gasteiger partial charge on any atom is 0.149 e. The van der Waals surface area contributed by atoms with Gasteiger partial charge in [-0.15, -0.1) is 0 Å². The molecular weight excluding hydrogens is 242 g/mol. The quantitative estimate of drug-likeness (QED) is 0.619. The first-order valence-corrected chi connectivity index (χ1v) is 6.36. The summed E-state index contributed by atoms with van der Waals surface area (Å²) < 4.78 is 5.07. The molecule has 2 rings (SSSR count). The molecule has 1 saturated carbocycles. The molecule has 0 amide bonds. The molecule has 1 aromatic rings. The number of rotatable bonds is 3. The molecule has 1 fully saturated rings. The van der Waals surface area contributed by atoms with E-state index in [1.165, 1.54) is 0 Å². The third-order valence-corrected chi connectivity index (χ3v) is 3.29. The van der Waals surface area contributed by atoms with Gasteiger partial charge in [0, 0.05) is 18.6 Å². The molecule has 0 unspecified atom stereocenters. The van der Waals surface area contributed by atoms with Crippen LogP contribution in [0.4, 0.5) is 5.69 Å². The number of hydrogen-bond donors (Lipinski definition) is 0. The number of aliphatic imine (C=N–C) groups is 1. The van der Waals surface area contributed by atoms with E-state index in [-0.39, 0.29) is 11.6 Å². The van der Waals surface area contributed by atoms with Gasteiger partial charge in [-0.2, -0.15) is 0 Å². The average molecular weight is 259 g/mol. The van der Waals surface area contributed by atoms with E-state index in [1.807, 2.05) is 0 Å². The van der Waals surface area contributed by atoms with Gasteiger partial charge >= 0.3 is 0 Å². The zero-order valence-corrected chi connectivity index (χ0v) is 11.2. The summed E-state index contributed by atoms with van der Waals surface area (Å²) in [5, 5.41) is 0. The number of carbonyl (C=O) groups excluding carboxylic acids is 2. The second-order valence-electron chi connectivity index (χ2n) is 4.67. The molecule has 0 atom stereocenters. The number of Topliss-reactive ketones (excluding diaryl/α,β-unsaturated/α-hetero) is 2. The van der Waals surface area contributed by atoms with Gasteiger partial charge in [0.2, 0.25) is 0 Å². The van der Waals surface area contributed by atoms with Crippen molar-refractivity contribution in [3.05, 3.63) is 24.3 Å². The Morgan fingerprint density at radius 3 is 2.26 bits per heavy atom. The van der Waals surface area contributed by atoms with Crippen molar-refractivity contribution >= 4 is 23.0 Å². The van der Waals surface area contributed by atoms with E-state index in [1.54, 1.807) is 38.3 Å². The maximum absolute atomic E-state index is 11.8. The summed E-state index contributed by atoms with van der Waals surface area (Å²) in [7, 11) is 1.60. The van der Waals surface area contributed by atoms with Gasteiger partial charge in [0.25, 0.3) is 0 Å². The lowest BCUT2D eigenvalue weighted by atomic mass is 9.84. The number of hydrogen-bond acceptors (Lipinski definition) is 4. The van der Waals surface area contributed by atoms with Crippen molar-refractivity contribution in [2.75, 3.05) is 7.11 Å². The SMILES string of the molecule is COc1ccc(N=C(C)C2C(=O)CCCC2=O)cc1. The molecule has 0 aromatic heterocycles. The molecule has 4 heteroatoms. The highest BCUT2D eigenvalue weighted by molar-refractivity contribution is 6.21. The molecule has 0 bridgehead atoms. The minimum atomic E-state index is -0.643. The van der Waals surface area contributed by atoms with E-state index in [4.69, 9.17) is 4.74 Å². The summed E-state index contributed by atoms with van der Waals surface area (Å²) in [4.78, 5) is 28.0. The van der Waals surface area contributed by atoms with Crippen LogP contribution >= 0.6 is 0 Å². The number of methoxy groups -OCH3 is 1. The van der Waals surface area contributed by atoms with Crippen LogP contribution in [-0.2, 0) is 9.59 Å². The average Bonchev–Trinajstić information content (AvgIpc) is 2.39. The molecule has 0 aliphatic heterocycles. The minimum Gasteiger partial charge on any atom is -0.497 e. The van der Waals surface area contributed by atoms with Gasteiger partial charge in [0.1, 0.15) is 23.2 Å². The number of ether oxygens (including phenoxy) is 1. The van der Waals surface area contributed by atoms with Crippen LogP contribution in [-0.4, -0.2) is 24.4 Å². The number of nitrogens with zero attached hydrogens (tertiary/aromatic N) is 1. The Bertz CT molecular complexity index is 501. The van der Waals surface area contributed by atoms with E-state index in [2.05, 4.69) is 4.99 Å². The molecule has 0 radical (unpaired) electrons. The topological polar surface area (TPSA) is 55.7 Å². The summed E-state index contributed by atoms with van der Waals surface area (Å²) in [5.41, 5.74) is 1.31. The molecular formula is C15H17NO3. The highest BCUT2D eigenvalue weighted by Gasteiger charge is 2.32. The normalized spacial score (nSPS) is 17.7. The summed E-state index contributed by atoms with van der Waals surface area (Å²) in [5.74, 6) is 0.0919. The van der Waals surface area contributed by atoms with Crippen LogP contribution in [0, 0.1) is 5.92 Å². The zero-order valence-electron chi connectivity index (χ0n) is 11.2. The zero-order chi connectivity index (χ0) is 13.8. The highest BCUT2D eigenvalue weighted by Crippen LogP contribution is 2.23. The van der Waals surface area contributed by atoms with Crippen LogP contribution in [0.25, 0.3) is 0 Å². The fourth-order valence-corrected chi connectivity index (χ4v) is 2.30. The second kappa shape index (κ2) is 5.78. The molecule has 100 valence electrons. The van der Waals surface area contributed by atoms with Crippen molar-refractivity contribution in [1.29, 1.82) is 0 Å². The Balaban J connectivity index is 2.21.